The predicted molar refractivity (Wildman–Crippen MR) is 109 cm³/mol. The molecule has 6 nitrogen and oxygen atoms in total. The number of carbonyl (C=O) groups is 1. The Bertz CT molecular complexity index is 1110. The second-order valence-electron chi connectivity index (χ2n) is 6.74. The summed E-state index contributed by atoms with van der Waals surface area (Å²) in [4.78, 5) is 24.6. The van der Waals surface area contributed by atoms with Crippen molar-refractivity contribution in [2.24, 2.45) is 0 Å². The van der Waals surface area contributed by atoms with Crippen molar-refractivity contribution in [1.82, 2.24) is 9.97 Å². The molecule has 0 bridgehead atoms. The fraction of sp³-hybridized carbons (Fsp3) is 0.250. The summed E-state index contributed by atoms with van der Waals surface area (Å²) in [5.74, 6) is -0.220. The molecule has 2 aromatic heterocycles. The van der Waals surface area contributed by atoms with Crippen molar-refractivity contribution >= 4 is 32.1 Å². The Hall–Kier alpha value is -2.58. The molecule has 4 rings (SSSR count). The van der Waals surface area contributed by atoms with Crippen LogP contribution in [0, 0.1) is 0 Å². The van der Waals surface area contributed by atoms with E-state index >= 15 is 0 Å². The zero-order valence-corrected chi connectivity index (χ0v) is 16.9. The Morgan fingerprint density at radius 1 is 1.18 bits per heavy atom. The monoisotopic (exact) mass is 413 g/mol. The van der Waals surface area contributed by atoms with Crippen LogP contribution in [0.5, 0.6) is 0 Å². The number of nitrogens with zero attached hydrogens (tertiary/aromatic N) is 3. The molecule has 0 N–H and O–H groups in total. The summed E-state index contributed by atoms with van der Waals surface area (Å²) in [6, 6.07) is 12.2. The quantitative estimate of drug-likeness (QED) is 0.596. The smallest absolute Gasteiger partial charge is 0.204 e. The van der Waals surface area contributed by atoms with Crippen molar-refractivity contribution in [3.05, 3.63) is 71.0 Å². The molecule has 0 spiro atoms. The highest BCUT2D eigenvalue weighted by Crippen LogP contribution is 2.37. The van der Waals surface area contributed by atoms with Crippen molar-refractivity contribution in [1.29, 1.82) is 0 Å². The van der Waals surface area contributed by atoms with E-state index in [0.717, 1.165) is 36.5 Å². The van der Waals surface area contributed by atoms with E-state index in [1.165, 1.54) is 23.5 Å². The van der Waals surface area contributed by atoms with Gasteiger partial charge in [0.1, 0.15) is 0 Å². The number of ketones is 1. The van der Waals surface area contributed by atoms with Crippen LogP contribution < -0.4 is 4.90 Å². The molecular formula is C20H19N3O3S2. The zero-order chi connectivity index (χ0) is 19.7. The fourth-order valence-electron chi connectivity index (χ4n) is 3.39. The van der Waals surface area contributed by atoms with Crippen LogP contribution in [0.1, 0.15) is 39.8 Å². The van der Waals surface area contributed by atoms with Gasteiger partial charge in [-0.25, -0.2) is 13.4 Å². The molecule has 28 heavy (non-hydrogen) atoms. The SMILES string of the molecule is CS(=O)(=O)c1cccc(C(=O)c2cnc(N3CCCC3c3ccccn3)s2)c1. The topological polar surface area (TPSA) is 80.2 Å². The lowest BCUT2D eigenvalue weighted by molar-refractivity contribution is 0.104. The number of hydrogen-bond donors (Lipinski definition) is 0. The van der Waals surface area contributed by atoms with Crippen molar-refractivity contribution in [3.63, 3.8) is 0 Å². The Morgan fingerprint density at radius 3 is 2.79 bits per heavy atom. The lowest BCUT2D eigenvalue weighted by atomic mass is 10.1. The zero-order valence-electron chi connectivity index (χ0n) is 15.3. The minimum absolute atomic E-state index is 0.137. The predicted octanol–water partition coefficient (Wildman–Crippen LogP) is 3.51. The summed E-state index contributed by atoms with van der Waals surface area (Å²) in [6.45, 7) is 0.867. The molecule has 1 saturated heterocycles. The van der Waals surface area contributed by atoms with Crippen molar-refractivity contribution < 1.29 is 13.2 Å². The van der Waals surface area contributed by atoms with E-state index in [1.54, 1.807) is 24.5 Å². The number of pyridine rings is 1. The molecular weight excluding hydrogens is 394 g/mol. The van der Waals surface area contributed by atoms with E-state index in [-0.39, 0.29) is 16.7 Å². The number of sulfone groups is 1. The minimum atomic E-state index is -3.37. The van der Waals surface area contributed by atoms with E-state index in [9.17, 15) is 13.2 Å². The molecule has 1 unspecified atom stereocenters. The molecule has 0 saturated carbocycles. The summed E-state index contributed by atoms with van der Waals surface area (Å²) in [5, 5.41) is 0.788. The van der Waals surface area contributed by atoms with Gasteiger partial charge in [0.05, 0.1) is 27.7 Å². The highest BCUT2D eigenvalue weighted by Gasteiger charge is 2.29. The van der Waals surface area contributed by atoms with Gasteiger partial charge in [0.2, 0.25) is 5.78 Å². The third-order valence-electron chi connectivity index (χ3n) is 4.77. The first kappa shape index (κ1) is 18.8. The van der Waals surface area contributed by atoms with Gasteiger partial charge in [-0.2, -0.15) is 0 Å². The number of thiazole rings is 1. The number of aromatic nitrogens is 2. The van der Waals surface area contributed by atoms with Crippen LogP contribution in [0.4, 0.5) is 5.13 Å². The van der Waals surface area contributed by atoms with E-state index in [4.69, 9.17) is 0 Å². The highest BCUT2D eigenvalue weighted by atomic mass is 32.2. The van der Waals surface area contributed by atoms with E-state index in [0.29, 0.717) is 10.4 Å². The maximum absolute atomic E-state index is 12.8. The molecule has 1 atom stereocenters. The summed E-state index contributed by atoms with van der Waals surface area (Å²) >= 11 is 1.33. The molecule has 3 aromatic rings. The number of hydrogen-bond acceptors (Lipinski definition) is 7. The normalized spacial score (nSPS) is 17.0. The van der Waals surface area contributed by atoms with Crippen LogP contribution >= 0.6 is 11.3 Å². The lowest BCUT2D eigenvalue weighted by Gasteiger charge is -2.23. The van der Waals surface area contributed by atoms with E-state index < -0.39 is 9.84 Å². The van der Waals surface area contributed by atoms with Crippen LogP contribution in [0.25, 0.3) is 0 Å². The molecule has 144 valence electrons. The maximum atomic E-state index is 12.8. The molecule has 3 heterocycles. The third-order valence-corrected chi connectivity index (χ3v) is 6.91. The van der Waals surface area contributed by atoms with Crippen LogP contribution in [-0.4, -0.2) is 37.0 Å². The number of benzene rings is 1. The average Bonchev–Trinajstić information content (AvgIpc) is 3.37. The Morgan fingerprint density at radius 2 is 2.04 bits per heavy atom. The summed E-state index contributed by atoms with van der Waals surface area (Å²) in [5.41, 5.74) is 1.35. The minimum Gasteiger partial charge on any atom is -0.339 e. The van der Waals surface area contributed by atoms with Gasteiger partial charge >= 0.3 is 0 Å². The molecule has 1 aliphatic heterocycles. The fourth-order valence-corrected chi connectivity index (χ4v) is 5.01. The summed E-state index contributed by atoms with van der Waals surface area (Å²) < 4.78 is 23.5. The standard InChI is InChI=1S/C20H19N3O3S2/c1-28(25,26)15-7-4-6-14(12-15)19(24)18-13-22-20(27-18)23-11-5-9-17(23)16-8-2-3-10-21-16/h2-4,6-8,10,12-13,17H,5,9,11H2,1H3. The van der Waals surface area contributed by atoms with Crippen LogP contribution in [0.3, 0.4) is 0 Å². The Kier molecular flexibility index (Phi) is 4.99. The van der Waals surface area contributed by atoms with Crippen LogP contribution in [0.2, 0.25) is 0 Å². The summed E-state index contributed by atoms with van der Waals surface area (Å²) in [6.07, 6.45) is 6.53. The van der Waals surface area contributed by atoms with Gasteiger partial charge < -0.3 is 4.90 Å². The van der Waals surface area contributed by atoms with Gasteiger partial charge in [0, 0.05) is 24.6 Å². The molecule has 0 aliphatic carbocycles. The van der Waals surface area contributed by atoms with Crippen molar-refractivity contribution in [2.45, 2.75) is 23.8 Å². The Balaban J connectivity index is 1.60. The second-order valence-corrected chi connectivity index (χ2v) is 9.77. The van der Waals surface area contributed by atoms with Gasteiger partial charge in [0.15, 0.2) is 15.0 Å². The van der Waals surface area contributed by atoms with Crippen LogP contribution in [0.15, 0.2) is 59.8 Å². The molecule has 0 amide bonds. The Labute approximate surface area is 167 Å². The highest BCUT2D eigenvalue weighted by molar-refractivity contribution is 7.90. The van der Waals surface area contributed by atoms with E-state index in [2.05, 4.69) is 14.9 Å². The maximum Gasteiger partial charge on any atom is 0.204 e. The van der Waals surface area contributed by atoms with Crippen LogP contribution in [-0.2, 0) is 9.84 Å². The lowest BCUT2D eigenvalue weighted by Crippen LogP contribution is -2.22. The number of anilines is 1. The van der Waals surface area contributed by atoms with Gasteiger partial charge in [-0.1, -0.05) is 29.5 Å². The van der Waals surface area contributed by atoms with E-state index in [1.807, 2.05) is 18.2 Å². The molecule has 1 fully saturated rings. The molecule has 0 radical (unpaired) electrons. The van der Waals surface area contributed by atoms with Gasteiger partial charge in [0.25, 0.3) is 0 Å². The molecule has 1 aromatic carbocycles. The third kappa shape index (κ3) is 3.70. The van der Waals surface area contributed by atoms with Gasteiger partial charge in [-0.15, -0.1) is 0 Å². The summed E-state index contributed by atoms with van der Waals surface area (Å²) in [7, 11) is -3.37. The van der Waals surface area contributed by atoms with Gasteiger partial charge in [-0.05, 0) is 37.1 Å². The average molecular weight is 414 g/mol. The molecule has 8 heteroatoms. The van der Waals surface area contributed by atoms with Gasteiger partial charge in [-0.3, -0.25) is 9.78 Å². The van der Waals surface area contributed by atoms with Crippen molar-refractivity contribution in [2.75, 3.05) is 17.7 Å². The number of rotatable bonds is 5. The first-order valence-corrected chi connectivity index (χ1v) is 11.6. The second kappa shape index (κ2) is 7.44. The van der Waals surface area contributed by atoms with Crippen molar-refractivity contribution in [3.8, 4) is 0 Å². The number of carbonyl (C=O) groups excluding carboxylic acids is 1. The first-order valence-electron chi connectivity index (χ1n) is 8.92. The first-order chi connectivity index (χ1) is 13.4. The molecule has 1 aliphatic rings. The largest absolute Gasteiger partial charge is 0.339 e.